The monoisotopic (exact) mass is 1330 g/mol. The van der Waals surface area contributed by atoms with Gasteiger partial charge in [-0.15, -0.1) is 0 Å². The molecule has 0 aliphatic heterocycles. The minimum absolute atomic E-state index is 0.180. The van der Waals surface area contributed by atoms with E-state index < -0.39 is 18.4 Å². The summed E-state index contributed by atoms with van der Waals surface area (Å²) >= 11 is 0. The van der Waals surface area contributed by atoms with Crippen LogP contribution in [0.2, 0.25) is 0 Å². The topological polar surface area (TPSA) is 108 Å². The van der Waals surface area contributed by atoms with Crippen LogP contribution in [0.4, 0.5) is 0 Å². The van der Waals surface area contributed by atoms with E-state index >= 15 is 0 Å². The molecule has 0 saturated heterocycles. The maximum absolute atomic E-state index is 13.0. The van der Waals surface area contributed by atoms with Gasteiger partial charge < -0.3 is 28.5 Å². The molecule has 1 N–H and O–H groups in total. The number of hydrogen-bond acceptors (Lipinski definition) is 7. The van der Waals surface area contributed by atoms with E-state index in [1.54, 1.807) is 0 Å². The van der Waals surface area contributed by atoms with E-state index in [1.165, 1.54) is 263 Å². The van der Waals surface area contributed by atoms with Crippen molar-refractivity contribution in [1.82, 2.24) is 0 Å². The first-order valence-corrected chi connectivity index (χ1v) is 40.4. The second-order valence-electron chi connectivity index (χ2n) is 28.3. The van der Waals surface area contributed by atoms with Crippen molar-refractivity contribution in [1.29, 1.82) is 0 Å². The molecule has 0 aliphatic rings. The van der Waals surface area contributed by atoms with Crippen LogP contribution in [0.15, 0.2) is 97.2 Å². The van der Waals surface area contributed by atoms with E-state index in [0.29, 0.717) is 17.4 Å². The van der Waals surface area contributed by atoms with Gasteiger partial charge in [0.1, 0.15) is 13.2 Å². The zero-order valence-electron chi connectivity index (χ0n) is 63.1. The number of carboxylic acids is 1. The quantitative estimate of drug-likeness (QED) is 0.0211. The fourth-order valence-corrected chi connectivity index (χ4v) is 11.7. The zero-order valence-corrected chi connectivity index (χ0v) is 63.1. The third-order valence-electron chi connectivity index (χ3n) is 17.8. The van der Waals surface area contributed by atoms with Crippen molar-refractivity contribution < 1.29 is 42.9 Å². The highest BCUT2D eigenvalue weighted by molar-refractivity contribution is 5.71. The van der Waals surface area contributed by atoms with Crippen LogP contribution in [-0.2, 0) is 33.3 Å². The Balaban J connectivity index is 3.99. The minimum atomic E-state index is -1.51. The Labute approximate surface area is 588 Å². The predicted molar refractivity (Wildman–Crippen MR) is 410 cm³/mol. The lowest BCUT2D eigenvalue weighted by molar-refractivity contribution is -0.870. The fraction of sp³-hybridized carbons (Fsp3) is 0.779. The van der Waals surface area contributed by atoms with E-state index in [1.807, 2.05) is 21.1 Å². The van der Waals surface area contributed by atoms with Crippen LogP contribution in [0, 0.1) is 0 Å². The summed E-state index contributed by atoms with van der Waals surface area (Å²) in [7, 11) is 5.99. The summed E-state index contributed by atoms with van der Waals surface area (Å²) < 4.78 is 23.1. The van der Waals surface area contributed by atoms with Gasteiger partial charge in [-0.3, -0.25) is 9.59 Å². The van der Waals surface area contributed by atoms with Crippen molar-refractivity contribution in [2.45, 2.75) is 386 Å². The molecular formula is C86H154NO8+. The van der Waals surface area contributed by atoms with Crippen molar-refractivity contribution in [3.8, 4) is 0 Å². The lowest BCUT2D eigenvalue weighted by Crippen LogP contribution is -2.40. The molecule has 95 heavy (non-hydrogen) atoms. The summed E-state index contributed by atoms with van der Waals surface area (Å²) in [6.07, 6.45) is 103. The lowest BCUT2D eigenvalue weighted by atomic mass is 10.0. The summed E-state index contributed by atoms with van der Waals surface area (Å²) in [6, 6.07) is 0. The van der Waals surface area contributed by atoms with Crippen molar-refractivity contribution >= 4 is 17.9 Å². The molecule has 9 nitrogen and oxygen atoms in total. The molecule has 0 heterocycles. The number of nitrogens with zero attached hydrogens (tertiary/aromatic N) is 1. The van der Waals surface area contributed by atoms with Gasteiger partial charge in [0.2, 0.25) is 0 Å². The fourth-order valence-electron chi connectivity index (χ4n) is 11.7. The molecule has 2 atom stereocenters. The highest BCUT2D eigenvalue weighted by Crippen LogP contribution is 2.19. The maximum Gasteiger partial charge on any atom is 0.361 e. The van der Waals surface area contributed by atoms with Crippen LogP contribution in [-0.4, -0.2) is 87.4 Å². The third-order valence-corrected chi connectivity index (χ3v) is 17.8. The zero-order chi connectivity index (χ0) is 69.0. The molecule has 0 rings (SSSR count). The van der Waals surface area contributed by atoms with Crippen LogP contribution in [0.25, 0.3) is 0 Å². The summed E-state index contributed by atoms with van der Waals surface area (Å²) in [5.74, 6) is -1.98. The molecule has 9 heteroatoms. The normalized spacial score (nSPS) is 13.1. The Hall–Kier alpha value is -3.79. The van der Waals surface area contributed by atoms with E-state index in [4.69, 9.17) is 18.9 Å². The second-order valence-corrected chi connectivity index (χ2v) is 28.3. The van der Waals surface area contributed by atoms with Crippen molar-refractivity contribution in [3.05, 3.63) is 97.2 Å². The second kappa shape index (κ2) is 76.0. The summed E-state index contributed by atoms with van der Waals surface area (Å²) in [5, 5.41) is 9.78. The number of quaternary nitrogens is 1. The van der Waals surface area contributed by atoms with Gasteiger partial charge in [0.25, 0.3) is 6.29 Å². The number of carboxylic acid groups (broad SMARTS) is 1. The smallest absolute Gasteiger partial charge is 0.361 e. The maximum atomic E-state index is 13.0. The number of carbonyl (C=O) groups is 3. The number of likely N-dealkylation sites (N-methyl/N-ethyl adjacent to an activating group) is 1. The summed E-state index contributed by atoms with van der Waals surface area (Å²) in [4.78, 5) is 37.8. The number of rotatable bonds is 75. The Morgan fingerprint density at radius 2 is 0.600 bits per heavy atom. The number of carbonyl (C=O) groups excluding carboxylic acids is 2. The summed E-state index contributed by atoms with van der Waals surface area (Å²) in [5.41, 5.74) is 0. The molecule has 0 saturated carbocycles. The van der Waals surface area contributed by atoms with E-state index in [2.05, 4.69) is 111 Å². The number of hydrogen-bond donors (Lipinski definition) is 1. The van der Waals surface area contributed by atoms with Gasteiger partial charge in [0.05, 0.1) is 34.4 Å². The molecule has 0 aromatic rings. The van der Waals surface area contributed by atoms with Crippen LogP contribution in [0.5, 0.6) is 0 Å². The average Bonchev–Trinajstić information content (AvgIpc) is 3.75. The molecule has 0 fully saturated rings. The molecule has 0 aromatic carbocycles. The van der Waals surface area contributed by atoms with Gasteiger partial charge in [-0.25, -0.2) is 4.79 Å². The molecule has 0 amide bonds. The van der Waals surface area contributed by atoms with Crippen LogP contribution >= 0.6 is 0 Å². The third kappa shape index (κ3) is 77.4. The van der Waals surface area contributed by atoms with Gasteiger partial charge in [0.15, 0.2) is 6.10 Å². The number of allylic oxidation sites excluding steroid dienone is 16. The number of ether oxygens (including phenoxy) is 4. The van der Waals surface area contributed by atoms with E-state index in [-0.39, 0.29) is 38.2 Å². The first-order valence-electron chi connectivity index (χ1n) is 40.4. The molecule has 550 valence electrons. The minimum Gasteiger partial charge on any atom is -0.477 e. The average molecular weight is 1330 g/mol. The standard InChI is InChI=1S/C86H153NO8/c1-6-8-10-12-14-16-18-20-22-24-26-28-30-32-34-36-38-40-41-42-43-45-47-49-51-53-55-57-59-61-63-65-67-69-71-73-75-77-84(89)95-82(81-94-86(85(90)91)92-79-78-87(3,4)5)80-93-83(88)76-74-72-70-68-66-64-62-60-58-56-54-52-50-48-46-44-39-37-35-33-31-29-27-25-23-21-19-17-15-13-11-9-7-2/h8,10,14,16,19-22,25-28,31-34,82,86H,6-7,9,11-13,15,17-18,23-24,29-30,35-81H2,1-5H3/p+1/b10-8-,16-14-,21-19-,22-20-,27-25-,28-26-,33-31-,34-32-. The Bertz CT molecular complexity index is 1890. The summed E-state index contributed by atoms with van der Waals surface area (Å²) in [6.45, 7) is 4.80. The SMILES string of the molecule is CC/C=C\C/C=C\C/C=C\C/C=C\C/C=C\CCCCCCCCCCCCCCCCCCCCCCCC(=O)OC(COC(=O)CCCCCCCCCCCCCCCCCCCC/C=C\C/C=C\C/C=C\CCCCCCC)COC(OCC[N+](C)(C)C)C(=O)O. The van der Waals surface area contributed by atoms with Gasteiger partial charge in [-0.1, -0.05) is 361 Å². The molecule has 2 unspecified atom stereocenters. The molecule has 0 spiro atoms. The number of aliphatic carboxylic acids is 1. The van der Waals surface area contributed by atoms with E-state index in [0.717, 1.165) is 83.5 Å². The van der Waals surface area contributed by atoms with Crippen molar-refractivity contribution in [2.75, 3.05) is 47.5 Å². The van der Waals surface area contributed by atoms with Crippen LogP contribution in [0.1, 0.15) is 373 Å². The lowest BCUT2D eigenvalue weighted by Gasteiger charge is -2.25. The Morgan fingerprint density at radius 3 is 0.895 bits per heavy atom. The van der Waals surface area contributed by atoms with Crippen LogP contribution in [0.3, 0.4) is 0 Å². The van der Waals surface area contributed by atoms with E-state index in [9.17, 15) is 19.5 Å². The van der Waals surface area contributed by atoms with Crippen LogP contribution < -0.4 is 0 Å². The van der Waals surface area contributed by atoms with Crippen molar-refractivity contribution in [2.24, 2.45) is 0 Å². The van der Waals surface area contributed by atoms with Gasteiger partial charge >= 0.3 is 17.9 Å². The van der Waals surface area contributed by atoms with Crippen molar-refractivity contribution in [3.63, 3.8) is 0 Å². The number of unbranched alkanes of at least 4 members (excludes halogenated alkanes) is 44. The Kier molecular flexibility index (Phi) is 72.9. The molecule has 0 bridgehead atoms. The molecular weight excluding hydrogens is 1170 g/mol. The first kappa shape index (κ1) is 91.2. The first-order chi connectivity index (χ1) is 46.6. The highest BCUT2D eigenvalue weighted by atomic mass is 16.7. The van der Waals surface area contributed by atoms with Gasteiger partial charge in [-0.2, -0.15) is 0 Å². The van der Waals surface area contributed by atoms with Gasteiger partial charge in [-0.05, 0) is 96.3 Å². The van der Waals surface area contributed by atoms with Gasteiger partial charge in [0, 0.05) is 12.8 Å². The molecule has 0 radical (unpaired) electrons. The predicted octanol–water partition coefficient (Wildman–Crippen LogP) is 25.9. The molecule has 0 aliphatic carbocycles. The largest absolute Gasteiger partial charge is 0.477 e. The highest BCUT2D eigenvalue weighted by Gasteiger charge is 2.25. The Morgan fingerprint density at radius 1 is 0.326 bits per heavy atom. The molecule has 0 aromatic heterocycles. The number of esters is 2.